The quantitative estimate of drug-likeness (QED) is 0.873. The first-order valence-electron chi connectivity index (χ1n) is 5.51. The Hall–Kier alpha value is -1.99. The molecule has 2 rings (SSSR count). The topological polar surface area (TPSA) is 92.2 Å². The highest BCUT2D eigenvalue weighted by molar-refractivity contribution is 7.92. The highest BCUT2D eigenvalue weighted by atomic mass is 32.2. The van der Waals surface area contributed by atoms with Crippen molar-refractivity contribution in [2.75, 3.05) is 4.72 Å². The molecule has 19 heavy (non-hydrogen) atoms. The molecule has 0 saturated heterocycles. The third-order valence-electron chi connectivity index (χ3n) is 2.38. The Labute approximate surface area is 111 Å². The second-order valence-electron chi connectivity index (χ2n) is 4.02. The lowest BCUT2D eigenvalue weighted by atomic mass is 10.3. The molecule has 0 unspecified atom stereocenters. The molecule has 2 heterocycles. The molecule has 0 amide bonds. The minimum absolute atomic E-state index is 0.105. The van der Waals surface area contributed by atoms with Gasteiger partial charge in [-0.25, -0.2) is 4.98 Å². The van der Waals surface area contributed by atoms with Crippen LogP contribution < -0.4 is 4.72 Å². The summed E-state index contributed by atoms with van der Waals surface area (Å²) >= 11 is 0. The summed E-state index contributed by atoms with van der Waals surface area (Å²) in [5, 5.41) is 8.78. The number of anilines is 1. The fourth-order valence-corrected chi connectivity index (χ4v) is 2.45. The van der Waals surface area contributed by atoms with Crippen LogP contribution in [-0.4, -0.2) is 23.5 Å². The maximum atomic E-state index is 12.0. The largest absolute Gasteiger partial charge is 0.392 e. The minimum Gasteiger partial charge on any atom is -0.392 e. The van der Waals surface area contributed by atoms with E-state index >= 15 is 0 Å². The van der Waals surface area contributed by atoms with Gasteiger partial charge in [0, 0.05) is 12.4 Å². The number of nitrogens with one attached hydrogen (secondary N) is 1. The smallest absolute Gasteiger partial charge is 0.279 e. The molecule has 2 aromatic heterocycles. The Morgan fingerprint density at radius 1 is 1.26 bits per heavy atom. The lowest BCUT2D eigenvalue weighted by Crippen LogP contribution is -2.14. The van der Waals surface area contributed by atoms with Gasteiger partial charge in [-0.3, -0.25) is 9.71 Å². The van der Waals surface area contributed by atoms with Gasteiger partial charge in [-0.05, 0) is 30.2 Å². The lowest BCUT2D eigenvalue weighted by molar-refractivity contribution is 0.281. The summed E-state index contributed by atoms with van der Waals surface area (Å²) in [6.07, 6.45) is 4.38. The Kier molecular flexibility index (Phi) is 3.77. The normalized spacial score (nSPS) is 11.3. The number of rotatable bonds is 4. The molecule has 0 aliphatic heterocycles. The Morgan fingerprint density at radius 2 is 2.05 bits per heavy atom. The predicted octanol–water partition coefficient (Wildman–Crippen LogP) is 1.08. The summed E-state index contributed by atoms with van der Waals surface area (Å²) in [4.78, 5) is 7.72. The van der Waals surface area contributed by atoms with Crippen molar-refractivity contribution >= 4 is 15.7 Å². The monoisotopic (exact) mass is 279 g/mol. The third kappa shape index (κ3) is 3.27. The molecule has 0 aliphatic rings. The van der Waals surface area contributed by atoms with Crippen molar-refractivity contribution in [2.45, 2.75) is 18.6 Å². The van der Waals surface area contributed by atoms with Crippen LogP contribution >= 0.6 is 0 Å². The number of sulfonamides is 1. The number of nitrogens with zero attached hydrogens (tertiary/aromatic N) is 2. The van der Waals surface area contributed by atoms with Gasteiger partial charge in [-0.2, -0.15) is 8.42 Å². The van der Waals surface area contributed by atoms with Gasteiger partial charge in [0.25, 0.3) is 10.0 Å². The molecule has 0 radical (unpaired) electrons. The summed E-state index contributed by atoms with van der Waals surface area (Å²) in [6, 6.07) is 4.53. The SMILES string of the molecule is Cc1cncc(NS(=O)(=O)c2ccc(CO)cn2)c1. The Morgan fingerprint density at radius 3 is 2.63 bits per heavy atom. The number of aliphatic hydroxyl groups is 1. The first-order chi connectivity index (χ1) is 9.01. The fourth-order valence-electron chi connectivity index (χ4n) is 1.48. The number of aryl methyl sites for hydroxylation is 1. The van der Waals surface area contributed by atoms with Crippen molar-refractivity contribution in [3.05, 3.63) is 47.9 Å². The molecular weight excluding hydrogens is 266 g/mol. The molecule has 2 aromatic rings. The zero-order valence-corrected chi connectivity index (χ0v) is 11.1. The number of pyridine rings is 2. The lowest BCUT2D eigenvalue weighted by Gasteiger charge is -2.07. The van der Waals surface area contributed by atoms with E-state index in [0.717, 1.165) is 5.56 Å². The van der Waals surface area contributed by atoms with E-state index in [-0.39, 0.29) is 11.6 Å². The number of hydrogen-bond donors (Lipinski definition) is 2. The van der Waals surface area contributed by atoms with E-state index in [9.17, 15) is 8.42 Å². The molecule has 0 fully saturated rings. The number of aliphatic hydroxyl groups excluding tert-OH is 1. The van der Waals surface area contributed by atoms with Crippen molar-refractivity contribution in [3.63, 3.8) is 0 Å². The molecule has 0 aromatic carbocycles. The van der Waals surface area contributed by atoms with E-state index in [1.807, 2.05) is 6.92 Å². The molecule has 6 nitrogen and oxygen atoms in total. The average molecular weight is 279 g/mol. The minimum atomic E-state index is -3.74. The number of aromatic nitrogens is 2. The Bertz CT molecular complexity index is 669. The molecule has 0 aliphatic carbocycles. The molecule has 0 saturated carbocycles. The first kappa shape index (κ1) is 13.4. The van der Waals surface area contributed by atoms with Gasteiger partial charge in [0.05, 0.1) is 18.5 Å². The van der Waals surface area contributed by atoms with Gasteiger partial charge in [0.15, 0.2) is 5.03 Å². The van der Waals surface area contributed by atoms with Crippen LogP contribution in [0.1, 0.15) is 11.1 Å². The molecule has 0 bridgehead atoms. The van der Waals surface area contributed by atoms with Gasteiger partial charge in [-0.15, -0.1) is 0 Å². The van der Waals surface area contributed by atoms with E-state index in [4.69, 9.17) is 5.11 Å². The molecule has 0 atom stereocenters. The molecule has 7 heteroatoms. The molecular formula is C12H13N3O3S. The van der Waals surface area contributed by atoms with Crippen molar-refractivity contribution in [1.29, 1.82) is 0 Å². The van der Waals surface area contributed by atoms with Crippen LogP contribution in [0, 0.1) is 6.92 Å². The van der Waals surface area contributed by atoms with Crippen LogP contribution in [-0.2, 0) is 16.6 Å². The average Bonchev–Trinajstić information content (AvgIpc) is 2.38. The first-order valence-corrected chi connectivity index (χ1v) is 7.00. The summed E-state index contributed by atoms with van der Waals surface area (Å²) in [5.41, 5.74) is 1.79. The van der Waals surface area contributed by atoms with Gasteiger partial charge < -0.3 is 5.11 Å². The fraction of sp³-hybridized carbons (Fsp3) is 0.167. The second kappa shape index (κ2) is 5.33. The summed E-state index contributed by atoms with van der Waals surface area (Å²) in [5.74, 6) is 0. The van der Waals surface area contributed by atoms with E-state index in [2.05, 4.69) is 14.7 Å². The van der Waals surface area contributed by atoms with Gasteiger partial charge >= 0.3 is 0 Å². The van der Waals surface area contributed by atoms with Crippen LogP contribution in [0.4, 0.5) is 5.69 Å². The van der Waals surface area contributed by atoms with Crippen LogP contribution in [0.2, 0.25) is 0 Å². The maximum absolute atomic E-state index is 12.0. The molecule has 0 spiro atoms. The van der Waals surface area contributed by atoms with Crippen molar-refractivity contribution in [1.82, 2.24) is 9.97 Å². The van der Waals surface area contributed by atoms with E-state index in [1.54, 1.807) is 12.3 Å². The maximum Gasteiger partial charge on any atom is 0.279 e. The number of hydrogen-bond acceptors (Lipinski definition) is 5. The Balaban J connectivity index is 2.27. The van der Waals surface area contributed by atoms with Crippen molar-refractivity contribution in [2.24, 2.45) is 0 Å². The van der Waals surface area contributed by atoms with Gasteiger partial charge in [0.1, 0.15) is 0 Å². The molecule has 100 valence electrons. The highest BCUT2D eigenvalue weighted by Crippen LogP contribution is 2.14. The van der Waals surface area contributed by atoms with E-state index in [0.29, 0.717) is 11.3 Å². The van der Waals surface area contributed by atoms with Crippen LogP contribution in [0.5, 0.6) is 0 Å². The predicted molar refractivity (Wildman–Crippen MR) is 69.9 cm³/mol. The zero-order chi connectivity index (χ0) is 13.9. The van der Waals surface area contributed by atoms with E-state index < -0.39 is 10.0 Å². The summed E-state index contributed by atoms with van der Waals surface area (Å²) in [6.45, 7) is 1.64. The third-order valence-corrected chi connectivity index (χ3v) is 3.68. The van der Waals surface area contributed by atoms with Crippen molar-refractivity contribution < 1.29 is 13.5 Å². The second-order valence-corrected chi connectivity index (χ2v) is 5.65. The highest BCUT2D eigenvalue weighted by Gasteiger charge is 2.15. The summed E-state index contributed by atoms with van der Waals surface area (Å²) in [7, 11) is -3.74. The van der Waals surface area contributed by atoms with Gasteiger partial charge in [0.2, 0.25) is 0 Å². The van der Waals surface area contributed by atoms with Crippen LogP contribution in [0.25, 0.3) is 0 Å². The van der Waals surface area contributed by atoms with Gasteiger partial charge in [-0.1, -0.05) is 6.07 Å². The van der Waals surface area contributed by atoms with E-state index in [1.165, 1.54) is 24.5 Å². The molecule has 2 N–H and O–H groups in total. The summed E-state index contributed by atoms with van der Waals surface area (Å²) < 4.78 is 26.5. The van der Waals surface area contributed by atoms with Crippen molar-refractivity contribution in [3.8, 4) is 0 Å². The zero-order valence-electron chi connectivity index (χ0n) is 10.2. The van der Waals surface area contributed by atoms with Crippen LogP contribution in [0.3, 0.4) is 0 Å². The standard InChI is InChI=1S/C12H13N3O3S/c1-9-4-11(7-13-5-9)15-19(17,18)12-3-2-10(8-16)6-14-12/h2-7,15-16H,8H2,1H3. The van der Waals surface area contributed by atoms with Crippen LogP contribution in [0.15, 0.2) is 41.8 Å².